The second-order valence-electron chi connectivity index (χ2n) is 11.5. The second kappa shape index (κ2) is 11.0. The number of aryl methyl sites for hydroxylation is 1. The number of carbonyl (C=O) groups excluding carboxylic acids is 1. The zero-order chi connectivity index (χ0) is 29.5. The molecular formula is C33H34FN7O. The lowest BCUT2D eigenvalue weighted by Gasteiger charge is -2.32. The van der Waals surface area contributed by atoms with Gasteiger partial charge in [-0.15, -0.1) is 0 Å². The Balaban J connectivity index is 1.27. The van der Waals surface area contributed by atoms with Gasteiger partial charge in [-0.1, -0.05) is 6.07 Å². The van der Waals surface area contributed by atoms with Crippen LogP contribution in [0.3, 0.4) is 0 Å². The Kier molecular flexibility index (Phi) is 7.25. The first-order valence-electron chi connectivity index (χ1n) is 14.4. The topological polar surface area (TPSA) is 93.8 Å². The normalized spacial score (nSPS) is 14.6. The van der Waals surface area contributed by atoms with Gasteiger partial charge >= 0.3 is 0 Å². The molecule has 4 heterocycles. The number of halogens is 1. The van der Waals surface area contributed by atoms with Gasteiger partial charge in [-0.2, -0.15) is 5.26 Å². The molecule has 6 rings (SSSR count). The van der Waals surface area contributed by atoms with Crippen molar-refractivity contribution in [1.82, 2.24) is 29.3 Å². The number of fused-ring (bicyclic) bond motifs is 2. The number of H-pyrrole nitrogens is 1. The van der Waals surface area contributed by atoms with E-state index >= 15 is 0 Å². The fourth-order valence-electron chi connectivity index (χ4n) is 6.07. The van der Waals surface area contributed by atoms with Crippen LogP contribution in [0.5, 0.6) is 0 Å². The first-order chi connectivity index (χ1) is 20.2. The van der Waals surface area contributed by atoms with E-state index in [-0.39, 0.29) is 11.9 Å². The van der Waals surface area contributed by atoms with E-state index in [0.717, 1.165) is 60.0 Å². The summed E-state index contributed by atoms with van der Waals surface area (Å²) < 4.78 is 16.3. The molecule has 2 aromatic carbocycles. The molecule has 214 valence electrons. The van der Waals surface area contributed by atoms with Gasteiger partial charge in [0, 0.05) is 36.7 Å². The van der Waals surface area contributed by atoms with Gasteiger partial charge in [0.25, 0.3) is 5.91 Å². The predicted octanol–water partition coefficient (Wildman–Crippen LogP) is 6.08. The fraction of sp³-hybridized carbons (Fsp3) is 0.333. The number of aromatic amines is 1. The summed E-state index contributed by atoms with van der Waals surface area (Å²) in [5.74, 6) is -0.384. The highest BCUT2D eigenvalue weighted by Gasteiger charge is 2.27. The highest BCUT2D eigenvalue weighted by atomic mass is 19.1. The van der Waals surface area contributed by atoms with Crippen LogP contribution in [0, 0.1) is 24.1 Å². The molecule has 0 bridgehead atoms. The lowest BCUT2D eigenvalue weighted by atomic mass is 9.90. The maximum atomic E-state index is 14.4. The number of hydrogen-bond acceptors (Lipinski definition) is 5. The quantitative estimate of drug-likeness (QED) is 0.270. The van der Waals surface area contributed by atoms with Crippen molar-refractivity contribution < 1.29 is 9.18 Å². The molecule has 1 aliphatic heterocycles. The highest BCUT2D eigenvalue weighted by Crippen LogP contribution is 2.36. The summed E-state index contributed by atoms with van der Waals surface area (Å²) in [5.41, 5.74) is 7.78. The third-order valence-electron chi connectivity index (χ3n) is 8.76. The summed E-state index contributed by atoms with van der Waals surface area (Å²) in [6, 6.07) is 12.7. The van der Waals surface area contributed by atoms with Crippen molar-refractivity contribution in [3.63, 3.8) is 0 Å². The first kappa shape index (κ1) is 27.6. The van der Waals surface area contributed by atoms with E-state index in [0.29, 0.717) is 22.9 Å². The lowest BCUT2D eigenvalue weighted by molar-refractivity contribution is 0.0754. The average molecular weight is 564 g/mol. The molecule has 0 spiro atoms. The second-order valence-corrected chi connectivity index (χ2v) is 11.5. The van der Waals surface area contributed by atoms with Crippen LogP contribution >= 0.6 is 0 Å². The van der Waals surface area contributed by atoms with Gasteiger partial charge in [0.2, 0.25) is 0 Å². The third-order valence-corrected chi connectivity index (χ3v) is 8.76. The zero-order valence-electron chi connectivity index (χ0n) is 24.4. The Morgan fingerprint density at radius 2 is 2.00 bits per heavy atom. The first-order valence-corrected chi connectivity index (χ1v) is 14.4. The summed E-state index contributed by atoms with van der Waals surface area (Å²) in [7, 11) is 1.74. The number of benzene rings is 2. The molecule has 0 saturated carbocycles. The summed E-state index contributed by atoms with van der Waals surface area (Å²) in [5, 5.41) is 10.4. The fourth-order valence-corrected chi connectivity index (χ4v) is 6.07. The number of rotatable bonds is 6. The number of hydrogen-bond donors (Lipinski definition) is 1. The van der Waals surface area contributed by atoms with Gasteiger partial charge < -0.3 is 14.5 Å². The van der Waals surface area contributed by atoms with E-state index in [1.54, 1.807) is 30.5 Å². The minimum Gasteiger partial charge on any atom is -0.346 e. The van der Waals surface area contributed by atoms with Crippen molar-refractivity contribution in [1.29, 1.82) is 5.26 Å². The Hall–Kier alpha value is -4.55. The number of nitrogens with zero attached hydrogens (tertiary/aromatic N) is 6. The lowest BCUT2D eigenvalue weighted by Crippen LogP contribution is -2.33. The van der Waals surface area contributed by atoms with Crippen LogP contribution in [0.1, 0.15) is 65.3 Å². The van der Waals surface area contributed by atoms with Crippen LogP contribution in [-0.4, -0.2) is 61.4 Å². The van der Waals surface area contributed by atoms with Crippen LogP contribution in [0.15, 0.2) is 55.1 Å². The molecule has 1 fully saturated rings. The number of likely N-dealkylation sites (tertiary alicyclic amines) is 1. The van der Waals surface area contributed by atoms with Crippen molar-refractivity contribution >= 4 is 27.8 Å². The number of carbonyl (C=O) groups is 1. The number of piperidine rings is 1. The molecule has 8 nitrogen and oxygen atoms in total. The third kappa shape index (κ3) is 4.92. The Morgan fingerprint density at radius 3 is 2.74 bits per heavy atom. The largest absolute Gasteiger partial charge is 0.346 e. The van der Waals surface area contributed by atoms with Crippen LogP contribution in [0.4, 0.5) is 4.39 Å². The summed E-state index contributed by atoms with van der Waals surface area (Å²) in [6.45, 7) is 8.73. The van der Waals surface area contributed by atoms with Crippen molar-refractivity contribution in [2.45, 2.75) is 52.1 Å². The molecule has 0 unspecified atom stereocenters. The molecule has 0 radical (unpaired) electrons. The van der Waals surface area contributed by atoms with Gasteiger partial charge in [0.05, 0.1) is 28.5 Å². The van der Waals surface area contributed by atoms with Gasteiger partial charge in [-0.25, -0.2) is 14.4 Å². The minimum absolute atomic E-state index is 0.0251. The van der Waals surface area contributed by atoms with Crippen LogP contribution in [0.2, 0.25) is 0 Å². The monoisotopic (exact) mass is 563 g/mol. The van der Waals surface area contributed by atoms with E-state index in [1.807, 2.05) is 24.5 Å². The van der Waals surface area contributed by atoms with Crippen molar-refractivity contribution in [2.24, 2.45) is 0 Å². The van der Waals surface area contributed by atoms with Crippen LogP contribution in [-0.2, 0) is 6.54 Å². The SMILES string of the molecule is Cc1c(CN2CCC(c3cn(-c4ccc(F)cc4C(=O)N(C)C(C)C)c4cncnc34)CC2)ccc2[nH]c(C#N)cc12. The minimum atomic E-state index is -0.448. The molecule has 1 amide bonds. The maximum absolute atomic E-state index is 14.4. The number of nitriles is 1. The van der Waals surface area contributed by atoms with Crippen molar-refractivity contribution in [2.75, 3.05) is 20.1 Å². The molecule has 1 N–H and O–H groups in total. The van der Waals surface area contributed by atoms with Crippen LogP contribution in [0.25, 0.3) is 27.6 Å². The van der Waals surface area contributed by atoms with Gasteiger partial charge in [0.1, 0.15) is 23.9 Å². The molecule has 1 saturated heterocycles. The number of nitrogens with one attached hydrogen (secondary N) is 1. The predicted molar refractivity (Wildman–Crippen MR) is 161 cm³/mol. The zero-order valence-corrected chi connectivity index (χ0v) is 24.4. The Labute approximate surface area is 244 Å². The van der Waals surface area contributed by atoms with E-state index in [4.69, 9.17) is 0 Å². The Bertz CT molecular complexity index is 1840. The molecule has 1 aliphatic rings. The van der Waals surface area contributed by atoms with Gasteiger partial charge in [-0.3, -0.25) is 9.69 Å². The molecule has 0 aliphatic carbocycles. The van der Waals surface area contributed by atoms with Crippen molar-refractivity contribution in [3.8, 4) is 11.8 Å². The number of aromatic nitrogens is 4. The number of amides is 1. The maximum Gasteiger partial charge on any atom is 0.256 e. The average Bonchev–Trinajstić information content (AvgIpc) is 3.61. The highest BCUT2D eigenvalue weighted by molar-refractivity contribution is 5.99. The molecule has 9 heteroatoms. The van der Waals surface area contributed by atoms with E-state index < -0.39 is 5.82 Å². The summed E-state index contributed by atoms with van der Waals surface area (Å²) in [4.78, 5) is 29.6. The van der Waals surface area contributed by atoms with Crippen LogP contribution < -0.4 is 0 Å². The summed E-state index contributed by atoms with van der Waals surface area (Å²) in [6.07, 6.45) is 7.33. The molecule has 3 aromatic heterocycles. The molecule has 5 aromatic rings. The van der Waals surface area contributed by atoms with E-state index in [1.165, 1.54) is 23.3 Å². The molecular weight excluding hydrogens is 529 g/mol. The van der Waals surface area contributed by atoms with Gasteiger partial charge in [0.15, 0.2) is 0 Å². The standard InChI is InChI=1S/C33H34FN7O/c1-20(2)39(4)33(42)27-13-24(34)6-8-30(27)41-18-28(32-31(41)16-36-19-37-32)22-9-11-40(12-10-22)17-23-5-7-29-26(21(23)3)14-25(15-35)38-29/h5-8,13-14,16,18-20,22,38H,9-12,17H2,1-4H3. The molecule has 0 atom stereocenters. The molecule has 42 heavy (non-hydrogen) atoms. The Morgan fingerprint density at radius 1 is 1.21 bits per heavy atom. The van der Waals surface area contributed by atoms with E-state index in [9.17, 15) is 14.4 Å². The van der Waals surface area contributed by atoms with Crippen molar-refractivity contribution in [3.05, 3.63) is 88.9 Å². The van der Waals surface area contributed by atoms with Gasteiger partial charge in [-0.05, 0) is 99.6 Å². The van der Waals surface area contributed by atoms with E-state index in [2.05, 4.69) is 51.2 Å². The summed E-state index contributed by atoms with van der Waals surface area (Å²) >= 11 is 0. The smallest absolute Gasteiger partial charge is 0.256 e.